The highest BCUT2D eigenvalue weighted by Gasteiger charge is 2.33. The molecule has 0 bridgehead atoms. The van der Waals surface area contributed by atoms with Crippen LogP contribution in [-0.4, -0.2) is 16.6 Å². The van der Waals surface area contributed by atoms with Crippen LogP contribution < -0.4 is 5.32 Å². The van der Waals surface area contributed by atoms with E-state index >= 15 is 0 Å². The third kappa shape index (κ3) is 3.52. The Morgan fingerprint density at radius 3 is 2.30 bits per heavy atom. The Morgan fingerprint density at radius 2 is 1.75 bits per heavy atom. The molecule has 104 valence electrons. The van der Waals surface area contributed by atoms with Crippen LogP contribution in [0.25, 0.3) is 0 Å². The van der Waals surface area contributed by atoms with E-state index in [2.05, 4.69) is 5.32 Å². The summed E-state index contributed by atoms with van der Waals surface area (Å²) in [6, 6.07) is 16.5. The lowest BCUT2D eigenvalue weighted by Gasteiger charge is -2.27. The predicted molar refractivity (Wildman–Crippen MR) is 81.3 cm³/mol. The maximum absolute atomic E-state index is 11.6. The summed E-state index contributed by atoms with van der Waals surface area (Å²) in [5.74, 6) is -0.892. The largest absolute Gasteiger partial charge is 0.480 e. The number of anilines is 1. The molecule has 0 heterocycles. The number of nitrogens with one attached hydrogen (secondary N) is 1. The summed E-state index contributed by atoms with van der Waals surface area (Å²) >= 11 is 5.84. The van der Waals surface area contributed by atoms with Crippen LogP contribution in [0.4, 0.5) is 5.69 Å². The third-order valence-electron chi connectivity index (χ3n) is 3.14. The zero-order chi connectivity index (χ0) is 14.6. The summed E-state index contributed by atoms with van der Waals surface area (Å²) in [4.78, 5) is 11.6. The number of halogens is 1. The average molecular weight is 290 g/mol. The van der Waals surface area contributed by atoms with Gasteiger partial charge < -0.3 is 10.4 Å². The Kier molecular flexibility index (Phi) is 4.30. The van der Waals surface area contributed by atoms with Gasteiger partial charge in [0.25, 0.3) is 0 Å². The van der Waals surface area contributed by atoms with Gasteiger partial charge in [-0.05, 0) is 36.8 Å². The number of aliphatic carboxylic acids is 1. The molecule has 0 aliphatic carbocycles. The van der Waals surface area contributed by atoms with Gasteiger partial charge in [0.2, 0.25) is 0 Å². The van der Waals surface area contributed by atoms with Gasteiger partial charge >= 0.3 is 5.97 Å². The van der Waals surface area contributed by atoms with Crippen molar-refractivity contribution >= 4 is 23.3 Å². The number of para-hydroxylation sites is 1. The molecule has 2 rings (SSSR count). The molecule has 4 heteroatoms. The van der Waals surface area contributed by atoms with Gasteiger partial charge in [-0.3, -0.25) is 0 Å². The third-order valence-corrected chi connectivity index (χ3v) is 3.39. The standard InChI is InChI=1S/C16H16ClNO2/c1-16(15(19)20,18-14-5-3-2-4-6-14)11-12-7-9-13(17)10-8-12/h2-10,18H,11H2,1H3,(H,19,20)/t16-/m0/s1. The minimum Gasteiger partial charge on any atom is -0.480 e. The Hall–Kier alpha value is -2.00. The quantitative estimate of drug-likeness (QED) is 0.879. The second-order valence-corrected chi connectivity index (χ2v) is 5.37. The van der Waals surface area contributed by atoms with Gasteiger partial charge in [-0.25, -0.2) is 4.79 Å². The fourth-order valence-electron chi connectivity index (χ4n) is 2.02. The first-order chi connectivity index (χ1) is 9.49. The first kappa shape index (κ1) is 14.4. The van der Waals surface area contributed by atoms with Crippen molar-refractivity contribution in [2.75, 3.05) is 5.32 Å². The highest BCUT2D eigenvalue weighted by Crippen LogP contribution is 2.21. The molecular weight excluding hydrogens is 274 g/mol. The number of hydrogen-bond donors (Lipinski definition) is 2. The monoisotopic (exact) mass is 289 g/mol. The van der Waals surface area contributed by atoms with Crippen molar-refractivity contribution in [2.24, 2.45) is 0 Å². The van der Waals surface area contributed by atoms with Crippen LogP contribution in [-0.2, 0) is 11.2 Å². The summed E-state index contributed by atoms with van der Waals surface area (Å²) in [6.45, 7) is 1.68. The van der Waals surface area contributed by atoms with Crippen LogP contribution in [0, 0.1) is 0 Å². The van der Waals surface area contributed by atoms with Crippen LogP contribution in [0.3, 0.4) is 0 Å². The number of rotatable bonds is 5. The van der Waals surface area contributed by atoms with E-state index in [9.17, 15) is 9.90 Å². The topological polar surface area (TPSA) is 49.3 Å². The van der Waals surface area contributed by atoms with Gasteiger partial charge in [-0.2, -0.15) is 0 Å². The van der Waals surface area contributed by atoms with Crippen LogP contribution in [0.1, 0.15) is 12.5 Å². The molecule has 1 atom stereocenters. The summed E-state index contributed by atoms with van der Waals surface area (Å²) in [5.41, 5.74) is 0.629. The van der Waals surface area contributed by atoms with E-state index in [1.54, 1.807) is 19.1 Å². The van der Waals surface area contributed by atoms with Crippen molar-refractivity contribution in [1.82, 2.24) is 0 Å². The molecule has 20 heavy (non-hydrogen) atoms. The van der Waals surface area contributed by atoms with E-state index in [1.807, 2.05) is 42.5 Å². The number of carboxylic acid groups (broad SMARTS) is 1. The molecule has 2 aromatic carbocycles. The van der Waals surface area contributed by atoms with E-state index in [0.29, 0.717) is 11.4 Å². The lowest BCUT2D eigenvalue weighted by molar-refractivity contribution is -0.141. The molecule has 0 fully saturated rings. The van der Waals surface area contributed by atoms with Crippen LogP contribution in [0.2, 0.25) is 5.02 Å². The number of carboxylic acids is 1. The second kappa shape index (κ2) is 5.97. The van der Waals surface area contributed by atoms with Gasteiger partial charge in [0.1, 0.15) is 5.54 Å². The molecule has 0 saturated carbocycles. The van der Waals surface area contributed by atoms with Gasteiger partial charge in [0.05, 0.1) is 0 Å². The SMILES string of the molecule is C[C@@](Cc1ccc(Cl)cc1)(Nc1ccccc1)C(=O)O. The summed E-state index contributed by atoms with van der Waals surface area (Å²) < 4.78 is 0. The molecule has 0 spiro atoms. The van der Waals surface area contributed by atoms with E-state index in [1.165, 1.54) is 0 Å². The molecule has 2 aromatic rings. The molecule has 3 nitrogen and oxygen atoms in total. The van der Waals surface area contributed by atoms with E-state index in [4.69, 9.17) is 11.6 Å². The maximum Gasteiger partial charge on any atom is 0.329 e. The van der Waals surface area contributed by atoms with E-state index < -0.39 is 11.5 Å². The minimum atomic E-state index is -1.07. The summed E-state index contributed by atoms with van der Waals surface area (Å²) in [7, 11) is 0. The Morgan fingerprint density at radius 1 is 1.15 bits per heavy atom. The molecule has 0 aromatic heterocycles. The maximum atomic E-state index is 11.6. The average Bonchev–Trinajstić information content (AvgIpc) is 2.42. The minimum absolute atomic E-state index is 0.369. The van der Waals surface area contributed by atoms with Crippen molar-refractivity contribution in [3.8, 4) is 0 Å². The molecule has 0 radical (unpaired) electrons. The highest BCUT2D eigenvalue weighted by atomic mass is 35.5. The van der Waals surface area contributed by atoms with Gasteiger partial charge in [-0.1, -0.05) is 41.9 Å². The Bertz CT molecular complexity index is 583. The van der Waals surface area contributed by atoms with Crippen molar-refractivity contribution < 1.29 is 9.90 Å². The smallest absolute Gasteiger partial charge is 0.329 e. The normalized spacial score (nSPS) is 13.5. The van der Waals surface area contributed by atoms with Gasteiger partial charge in [0, 0.05) is 17.1 Å². The van der Waals surface area contributed by atoms with Crippen LogP contribution in [0.15, 0.2) is 54.6 Å². The highest BCUT2D eigenvalue weighted by molar-refractivity contribution is 6.30. The number of hydrogen-bond acceptors (Lipinski definition) is 2. The lowest BCUT2D eigenvalue weighted by atomic mass is 9.92. The van der Waals surface area contributed by atoms with Crippen molar-refractivity contribution in [2.45, 2.75) is 18.9 Å². The van der Waals surface area contributed by atoms with E-state index in [-0.39, 0.29) is 0 Å². The summed E-state index contributed by atoms with van der Waals surface area (Å²) in [5, 5.41) is 13.2. The van der Waals surface area contributed by atoms with Gasteiger partial charge in [-0.15, -0.1) is 0 Å². The number of benzene rings is 2. The predicted octanol–water partition coefficient (Wildman–Crippen LogP) is 3.84. The molecule has 0 aliphatic rings. The van der Waals surface area contributed by atoms with Gasteiger partial charge in [0.15, 0.2) is 0 Å². The molecule has 0 unspecified atom stereocenters. The zero-order valence-electron chi connectivity index (χ0n) is 11.1. The Labute approximate surface area is 123 Å². The summed E-state index contributed by atoms with van der Waals surface area (Å²) in [6.07, 6.45) is 0.369. The fourth-order valence-corrected chi connectivity index (χ4v) is 2.15. The molecule has 0 saturated heterocycles. The molecule has 2 N–H and O–H groups in total. The Balaban J connectivity index is 2.21. The molecule has 0 amide bonds. The van der Waals surface area contributed by atoms with Crippen molar-refractivity contribution in [3.05, 3.63) is 65.2 Å². The molecular formula is C16H16ClNO2. The van der Waals surface area contributed by atoms with Crippen molar-refractivity contribution in [3.63, 3.8) is 0 Å². The van der Waals surface area contributed by atoms with E-state index in [0.717, 1.165) is 11.3 Å². The fraction of sp³-hybridized carbons (Fsp3) is 0.188. The van der Waals surface area contributed by atoms with Crippen LogP contribution >= 0.6 is 11.6 Å². The second-order valence-electron chi connectivity index (χ2n) is 4.93. The zero-order valence-corrected chi connectivity index (χ0v) is 11.9. The number of carbonyl (C=O) groups is 1. The van der Waals surface area contributed by atoms with Crippen molar-refractivity contribution in [1.29, 1.82) is 0 Å². The molecule has 0 aliphatic heterocycles. The lowest BCUT2D eigenvalue weighted by Crippen LogP contribution is -2.45. The first-order valence-electron chi connectivity index (χ1n) is 6.31. The van der Waals surface area contributed by atoms with Crippen LogP contribution in [0.5, 0.6) is 0 Å². The first-order valence-corrected chi connectivity index (χ1v) is 6.68.